The first kappa shape index (κ1) is 23.5. The van der Waals surface area contributed by atoms with Crippen molar-refractivity contribution in [2.75, 3.05) is 12.3 Å². The number of carboxylic acids is 1. The lowest BCUT2D eigenvalue weighted by molar-refractivity contribution is -0.761. The SMILES string of the molecule is O=C(O)CN1C(=S)[N+]2(c3ccccc3)C(=O)C1C2C=[N+]1Oc2ccccc2C1CCCS(=O)(=O)O. The van der Waals surface area contributed by atoms with E-state index in [0.29, 0.717) is 17.9 Å². The number of rotatable bonds is 8. The molecule has 4 aliphatic rings. The number of para-hydroxylation sites is 2. The second kappa shape index (κ2) is 8.48. The molecular weight excluding hydrogens is 494 g/mol. The van der Waals surface area contributed by atoms with Crippen LogP contribution in [-0.2, 0) is 19.7 Å². The molecule has 182 valence electrons. The number of β-lactam (4-membered cyclic amide) rings is 1. The molecule has 4 heterocycles. The average molecular weight is 518 g/mol. The molecule has 2 bridgehead atoms. The highest BCUT2D eigenvalue weighted by Gasteiger charge is 2.79. The van der Waals surface area contributed by atoms with Gasteiger partial charge in [-0.05, 0) is 23.3 Å². The first-order chi connectivity index (χ1) is 16.6. The number of thiocarbonyl (C=S) groups is 1. The first-order valence-electron chi connectivity index (χ1n) is 11.0. The van der Waals surface area contributed by atoms with Crippen molar-refractivity contribution in [2.45, 2.75) is 31.0 Å². The van der Waals surface area contributed by atoms with Gasteiger partial charge in [0.05, 0.1) is 11.3 Å². The zero-order valence-corrected chi connectivity index (χ0v) is 20.1. The Hall–Kier alpha value is -3.19. The number of nitrogens with zero attached hydrogens (tertiary/aromatic N) is 3. The summed E-state index contributed by atoms with van der Waals surface area (Å²) in [6.07, 6.45) is 2.32. The summed E-state index contributed by atoms with van der Waals surface area (Å²) in [4.78, 5) is 32.4. The van der Waals surface area contributed by atoms with Gasteiger partial charge in [-0.1, -0.05) is 30.3 Å². The van der Waals surface area contributed by atoms with E-state index in [-0.39, 0.29) is 33.7 Å². The zero-order valence-electron chi connectivity index (χ0n) is 18.4. The molecule has 3 fully saturated rings. The monoisotopic (exact) mass is 517 g/mol. The van der Waals surface area contributed by atoms with Crippen LogP contribution >= 0.6 is 12.2 Å². The summed E-state index contributed by atoms with van der Waals surface area (Å²) in [7, 11) is -4.11. The van der Waals surface area contributed by atoms with E-state index < -0.39 is 34.7 Å². The number of carbonyl (C=O) groups excluding carboxylic acids is 1. The molecule has 35 heavy (non-hydrogen) atoms. The third-order valence-electron chi connectivity index (χ3n) is 6.69. The largest absolute Gasteiger partial charge is 0.480 e. The third-order valence-corrected chi connectivity index (χ3v) is 8.02. The van der Waals surface area contributed by atoms with Crippen molar-refractivity contribution in [3.05, 3.63) is 60.2 Å². The quantitative estimate of drug-likeness (QED) is 0.177. The number of aliphatic carboxylic acids is 1. The van der Waals surface area contributed by atoms with E-state index in [1.54, 1.807) is 41.3 Å². The van der Waals surface area contributed by atoms with Crippen LogP contribution in [0.5, 0.6) is 5.75 Å². The van der Waals surface area contributed by atoms with Gasteiger partial charge in [-0.3, -0.25) is 14.2 Å². The van der Waals surface area contributed by atoms with Gasteiger partial charge in [0, 0.05) is 30.8 Å². The summed E-state index contributed by atoms with van der Waals surface area (Å²) in [5.41, 5.74) is 1.48. The molecule has 10 nitrogen and oxygen atoms in total. The highest BCUT2D eigenvalue weighted by molar-refractivity contribution is 7.85. The Morgan fingerprint density at radius 2 is 1.86 bits per heavy atom. The molecular formula is C23H23N3O7S2+2. The Bertz CT molecular complexity index is 1360. The van der Waals surface area contributed by atoms with Gasteiger partial charge in [0.1, 0.15) is 12.2 Å². The molecule has 3 saturated heterocycles. The number of fused-ring (bicyclic) bond motifs is 2. The van der Waals surface area contributed by atoms with Gasteiger partial charge in [-0.25, -0.2) is 9.63 Å². The molecule has 12 heteroatoms. The van der Waals surface area contributed by atoms with Crippen LogP contribution in [0.25, 0.3) is 0 Å². The normalized spacial score (nSPS) is 28.1. The molecule has 4 atom stereocenters. The maximum Gasteiger partial charge on any atom is 0.356 e. The highest BCUT2D eigenvalue weighted by atomic mass is 32.2. The van der Waals surface area contributed by atoms with Crippen LogP contribution < -0.4 is 9.32 Å². The third kappa shape index (κ3) is 3.73. The van der Waals surface area contributed by atoms with Crippen molar-refractivity contribution in [3.8, 4) is 5.75 Å². The van der Waals surface area contributed by atoms with Crippen molar-refractivity contribution >= 4 is 51.2 Å². The summed E-state index contributed by atoms with van der Waals surface area (Å²) in [5, 5.41) is 9.65. The van der Waals surface area contributed by atoms with Crippen molar-refractivity contribution in [3.63, 3.8) is 0 Å². The number of quaternary nitrogens is 1. The first-order valence-corrected chi connectivity index (χ1v) is 13.0. The van der Waals surface area contributed by atoms with E-state index >= 15 is 0 Å². The summed E-state index contributed by atoms with van der Waals surface area (Å²) in [5.74, 6) is -1.08. The Morgan fingerprint density at radius 1 is 1.17 bits per heavy atom. The second-order valence-corrected chi connectivity index (χ2v) is 10.7. The highest BCUT2D eigenvalue weighted by Crippen LogP contribution is 2.48. The number of hydroxylamine groups is 1. The Labute approximate surface area is 206 Å². The topological polar surface area (TPSA) is 124 Å². The van der Waals surface area contributed by atoms with Gasteiger partial charge in [-0.15, -0.1) is 0 Å². The molecule has 4 unspecified atom stereocenters. The predicted octanol–water partition coefficient (Wildman–Crippen LogP) is 1.76. The molecule has 0 radical (unpaired) electrons. The molecule has 2 N–H and O–H groups in total. The summed E-state index contributed by atoms with van der Waals surface area (Å²) < 4.78 is 32.9. The van der Waals surface area contributed by atoms with Crippen LogP contribution in [0.4, 0.5) is 5.69 Å². The molecule has 1 amide bonds. The average Bonchev–Trinajstić information content (AvgIpc) is 3.34. The second-order valence-electron chi connectivity index (χ2n) is 8.72. The fourth-order valence-electron chi connectivity index (χ4n) is 5.24. The van der Waals surface area contributed by atoms with Crippen molar-refractivity contribution < 1.29 is 37.2 Å². The molecule has 4 aliphatic heterocycles. The van der Waals surface area contributed by atoms with E-state index in [9.17, 15) is 23.1 Å². The Morgan fingerprint density at radius 3 is 2.54 bits per heavy atom. The van der Waals surface area contributed by atoms with E-state index in [1.807, 2.05) is 24.3 Å². The minimum atomic E-state index is -4.11. The number of hydrogen-bond donors (Lipinski definition) is 2. The molecule has 0 aliphatic carbocycles. The van der Waals surface area contributed by atoms with E-state index in [1.165, 1.54) is 4.90 Å². The molecule has 2 aromatic rings. The molecule has 6 rings (SSSR count). The predicted molar refractivity (Wildman–Crippen MR) is 130 cm³/mol. The Balaban J connectivity index is 1.55. The van der Waals surface area contributed by atoms with Crippen LogP contribution in [0.1, 0.15) is 24.4 Å². The van der Waals surface area contributed by atoms with E-state index in [4.69, 9.17) is 21.6 Å². The maximum absolute atomic E-state index is 13.4. The zero-order chi connectivity index (χ0) is 25.0. The van der Waals surface area contributed by atoms with Crippen LogP contribution in [0, 0.1) is 0 Å². The van der Waals surface area contributed by atoms with Crippen LogP contribution in [0.15, 0.2) is 54.6 Å². The van der Waals surface area contributed by atoms with Gasteiger partial charge in [0.15, 0.2) is 0 Å². The van der Waals surface area contributed by atoms with Crippen LogP contribution in [-0.4, -0.2) is 75.3 Å². The minimum Gasteiger partial charge on any atom is -0.480 e. The maximum atomic E-state index is 13.4. The number of benzene rings is 2. The smallest absolute Gasteiger partial charge is 0.356 e. The summed E-state index contributed by atoms with van der Waals surface area (Å²) in [6.45, 7) is -0.398. The van der Waals surface area contributed by atoms with Gasteiger partial charge in [0.25, 0.3) is 21.4 Å². The van der Waals surface area contributed by atoms with Gasteiger partial charge >= 0.3 is 11.9 Å². The molecule has 2 aromatic carbocycles. The number of hydrogen-bond acceptors (Lipinski definition) is 6. The lowest BCUT2D eigenvalue weighted by atomic mass is 9.93. The Kier molecular flexibility index (Phi) is 5.71. The van der Waals surface area contributed by atoms with Crippen molar-refractivity contribution in [2.24, 2.45) is 0 Å². The van der Waals surface area contributed by atoms with E-state index in [0.717, 1.165) is 5.56 Å². The minimum absolute atomic E-state index is 0.195. The lowest BCUT2D eigenvalue weighted by Gasteiger charge is -2.39. The van der Waals surface area contributed by atoms with Crippen molar-refractivity contribution in [1.82, 2.24) is 9.38 Å². The molecule has 0 saturated carbocycles. The van der Waals surface area contributed by atoms with Gasteiger partial charge in [0.2, 0.25) is 23.9 Å². The van der Waals surface area contributed by atoms with E-state index in [2.05, 4.69) is 0 Å². The fraction of sp³-hybridized carbons (Fsp3) is 0.304. The van der Waals surface area contributed by atoms with Crippen molar-refractivity contribution in [1.29, 1.82) is 0 Å². The van der Waals surface area contributed by atoms with Gasteiger partial charge in [-0.2, -0.15) is 12.9 Å². The lowest BCUT2D eigenvalue weighted by Crippen LogP contribution is -2.75. The van der Waals surface area contributed by atoms with Crippen LogP contribution in [0.2, 0.25) is 0 Å². The summed E-state index contributed by atoms with van der Waals surface area (Å²) >= 11 is 5.66. The van der Waals surface area contributed by atoms with Crippen LogP contribution in [0.3, 0.4) is 0 Å². The van der Waals surface area contributed by atoms with Gasteiger partial charge < -0.3 is 5.11 Å². The molecule has 0 aromatic heterocycles. The number of amides is 1. The summed E-state index contributed by atoms with van der Waals surface area (Å²) in [6, 6.07) is 14.7. The standard InChI is InChI=1S/C23H21N3O7S2/c27-20(28)14-24-21-18(26(22(21)29,23(24)34)15-7-2-1-3-8-15)13-25-17(10-6-12-35(30,31)32)16-9-4-5-11-19(16)33-25/h1-5,7-9,11,13,17-18,21H,6,10,12,14H2/p+2. The fourth-order valence-corrected chi connectivity index (χ4v) is 6.27. The number of carboxylic acid groups (broad SMARTS) is 1. The molecule has 0 spiro atoms. The number of carbonyl (C=O) groups is 2.